The molecular weight excluding hydrogens is 188 g/mol. The topological polar surface area (TPSA) is 36.1 Å². The van der Waals surface area contributed by atoms with Gasteiger partial charge in [-0.25, -0.2) is 0 Å². The van der Waals surface area contributed by atoms with Crippen LogP contribution in [0.1, 0.15) is 30.8 Å². The molecule has 1 aromatic rings. The van der Waals surface area contributed by atoms with Gasteiger partial charge in [-0.1, -0.05) is 6.92 Å². The second-order valence-corrected chi connectivity index (χ2v) is 4.63. The molecule has 2 atom stereocenters. The molecule has 3 nitrogen and oxygen atoms in total. The van der Waals surface area contributed by atoms with Crippen LogP contribution in [0.25, 0.3) is 0 Å². The smallest absolute Gasteiger partial charge is 0.192 e. The molecule has 0 bridgehead atoms. The Morgan fingerprint density at radius 1 is 1.60 bits per heavy atom. The molecule has 15 heavy (non-hydrogen) atoms. The van der Waals surface area contributed by atoms with Gasteiger partial charge in [0, 0.05) is 18.8 Å². The SMILES string of the molecule is CC1CC(C)N(CC(=O)c2ccc[nH]2)C1. The van der Waals surface area contributed by atoms with Gasteiger partial charge >= 0.3 is 0 Å². The normalized spacial score (nSPS) is 27.1. The van der Waals surface area contributed by atoms with Crippen LogP contribution in [0.5, 0.6) is 0 Å². The van der Waals surface area contributed by atoms with E-state index < -0.39 is 0 Å². The van der Waals surface area contributed by atoms with Crippen molar-refractivity contribution in [3.05, 3.63) is 24.0 Å². The first-order valence-electron chi connectivity index (χ1n) is 5.57. The predicted octanol–water partition coefficient (Wildman–Crippen LogP) is 1.93. The van der Waals surface area contributed by atoms with Crippen molar-refractivity contribution in [3.8, 4) is 0 Å². The first kappa shape index (κ1) is 10.4. The number of hydrogen-bond acceptors (Lipinski definition) is 2. The summed E-state index contributed by atoms with van der Waals surface area (Å²) in [6.45, 7) is 6.04. The molecule has 1 N–H and O–H groups in total. The summed E-state index contributed by atoms with van der Waals surface area (Å²) >= 11 is 0. The van der Waals surface area contributed by atoms with E-state index in [0.29, 0.717) is 12.6 Å². The highest BCUT2D eigenvalue weighted by Gasteiger charge is 2.27. The van der Waals surface area contributed by atoms with Crippen molar-refractivity contribution in [2.45, 2.75) is 26.3 Å². The van der Waals surface area contributed by atoms with Crippen molar-refractivity contribution in [2.24, 2.45) is 5.92 Å². The Morgan fingerprint density at radius 2 is 2.40 bits per heavy atom. The van der Waals surface area contributed by atoms with Crippen LogP contribution < -0.4 is 0 Å². The number of hydrogen-bond donors (Lipinski definition) is 1. The predicted molar refractivity (Wildman–Crippen MR) is 59.9 cm³/mol. The van der Waals surface area contributed by atoms with Crippen LogP contribution in [0.4, 0.5) is 0 Å². The monoisotopic (exact) mass is 206 g/mol. The van der Waals surface area contributed by atoms with E-state index in [-0.39, 0.29) is 5.78 Å². The zero-order valence-electron chi connectivity index (χ0n) is 9.36. The third kappa shape index (κ3) is 2.29. The summed E-state index contributed by atoms with van der Waals surface area (Å²) in [5.41, 5.74) is 0.724. The highest BCUT2D eigenvalue weighted by atomic mass is 16.1. The number of carbonyl (C=O) groups excluding carboxylic acids is 1. The largest absolute Gasteiger partial charge is 0.359 e. The van der Waals surface area contributed by atoms with Gasteiger partial charge in [0.15, 0.2) is 5.78 Å². The molecule has 1 aliphatic heterocycles. The van der Waals surface area contributed by atoms with Crippen LogP contribution in [0, 0.1) is 5.92 Å². The minimum Gasteiger partial charge on any atom is -0.359 e. The fourth-order valence-corrected chi connectivity index (χ4v) is 2.38. The molecule has 0 aliphatic carbocycles. The van der Waals surface area contributed by atoms with E-state index in [9.17, 15) is 4.79 Å². The minimum atomic E-state index is 0.195. The first-order valence-corrected chi connectivity index (χ1v) is 5.57. The zero-order chi connectivity index (χ0) is 10.8. The average molecular weight is 206 g/mol. The van der Waals surface area contributed by atoms with E-state index in [1.807, 2.05) is 12.1 Å². The number of ketones is 1. The molecule has 1 saturated heterocycles. The lowest BCUT2D eigenvalue weighted by atomic mass is 10.1. The number of H-pyrrole nitrogens is 1. The number of carbonyl (C=O) groups is 1. The third-order valence-corrected chi connectivity index (χ3v) is 3.16. The second kappa shape index (κ2) is 4.19. The molecule has 1 aromatic heterocycles. The average Bonchev–Trinajstić information content (AvgIpc) is 2.76. The fourth-order valence-electron chi connectivity index (χ4n) is 2.38. The lowest BCUT2D eigenvalue weighted by Crippen LogP contribution is -2.32. The molecule has 0 amide bonds. The van der Waals surface area contributed by atoms with Gasteiger partial charge in [-0.05, 0) is 31.4 Å². The molecule has 1 aliphatic rings. The summed E-state index contributed by atoms with van der Waals surface area (Å²) in [5, 5.41) is 0. The number of likely N-dealkylation sites (tertiary alicyclic amines) is 1. The Labute approximate surface area is 90.5 Å². The summed E-state index contributed by atoms with van der Waals surface area (Å²) in [4.78, 5) is 17.1. The molecule has 0 saturated carbocycles. The van der Waals surface area contributed by atoms with Gasteiger partial charge in [-0.2, -0.15) is 0 Å². The number of nitrogens with one attached hydrogen (secondary N) is 1. The van der Waals surface area contributed by atoms with Crippen LogP contribution in [-0.2, 0) is 0 Å². The van der Waals surface area contributed by atoms with E-state index in [4.69, 9.17) is 0 Å². The Balaban J connectivity index is 1.95. The summed E-state index contributed by atoms with van der Waals surface area (Å²) in [7, 11) is 0. The lowest BCUT2D eigenvalue weighted by Gasteiger charge is -2.19. The van der Waals surface area contributed by atoms with Crippen molar-refractivity contribution < 1.29 is 4.79 Å². The minimum absolute atomic E-state index is 0.195. The summed E-state index contributed by atoms with van der Waals surface area (Å²) in [5.74, 6) is 0.914. The quantitative estimate of drug-likeness (QED) is 0.767. The fraction of sp³-hybridized carbons (Fsp3) is 0.583. The molecule has 0 radical (unpaired) electrons. The molecule has 82 valence electrons. The Morgan fingerprint density at radius 3 is 2.93 bits per heavy atom. The van der Waals surface area contributed by atoms with Crippen molar-refractivity contribution in [1.29, 1.82) is 0 Å². The van der Waals surface area contributed by atoms with Crippen LogP contribution in [0.2, 0.25) is 0 Å². The van der Waals surface area contributed by atoms with Crippen LogP contribution >= 0.6 is 0 Å². The second-order valence-electron chi connectivity index (χ2n) is 4.63. The van der Waals surface area contributed by atoms with Crippen LogP contribution in [-0.4, -0.2) is 34.8 Å². The Kier molecular flexibility index (Phi) is 2.91. The number of rotatable bonds is 3. The van der Waals surface area contributed by atoms with Gasteiger partial charge in [0.25, 0.3) is 0 Å². The Bertz CT molecular complexity index is 331. The number of nitrogens with zero attached hydrogens (tertiary/aromatic N) is 1. The molecule has 1 fully saturated rings. The summed E-state index contributed by atoms with van der Waals surface area (Å²) in [6.07, 6.45) is 3.00. The summed E-state index contributed by atoms with van der Waals surface area (Å²) in [6, 6.07) is 4.24. The molecule has 2 rings (SSSR count). The maximum Gasteiger partial charge on any atom is 0.192 e. The highest BCUT2D eigenvalue weighted by molar-refractivity contribution is 5.95. The number of aromatic nitrogens is 1. The maximum atomic E-state index is 11.8. The van der Waals surface area contributed by atoms with Gasteiger partial charge < -0.3 is 4.98 Å². The molecule has 0 spiro atoms. The standard InChI is InChI=1S/C12H18N2O/c1-9-6-10(2)14(7-9)8-12(15)11-4-3-5-13-11/h3-5,9-10,13H,6-8H2,1-2H3. The number of Topliss-reactive ketones (excluding diaryl/α,β-unsaturated/α-hetero) is 1. The van der Waals surface area contributed by atoms with Gasteiger partial charge in [0.05, 0.1) is 12.2 Å². The molecule has 3 heteroatoms. The van der Waals surface area contributed by atoms with Crippen molar-refractivity contribution >= 4 is 5.78 Å². The van der Waals surface area contributed by atoms with Crippen molar-refractivity contribution in [3.63, 3.8) is 0 Å². The van der Waals surface area contributed by atoms with Crippen molar-refractivity contribution in [1.82, 2.24) is 9.88 Å². The first-order chi connectivity index (χ1) is 7.16. The molecule has 2 unspecified atom stereocenters. The van der Waals surface area contributed by atoms with Gasteiger partial charge in [-0.3, -0.25) is 9.69 Å². The van der Waals surface area contributed by atoms with Crippen LogP contribution in [0.15, 0.2) is 18.3 Å². The van der Waals surface area contributed by atoms with E-state index in [1.165, 1.54) is 6.42 Å². The molecule has 2 heterocycles. The number of aromatic amines is 1. The third-order valence-electron chi connectivity index (χ3n) is 3.16. The molecule has 0 aromatic carbocycles. The van der Waals surface area contributed by atoms with Gasteiger partial charge in [0.2, 0.25) is 0 Å². The van der Waals surface area contributed by atoms with E-state index in [0.717, 1.165) is 18.2 Å². The zero-order valence-corrected chi connectivity index (χ0v) is 9.36. The maximum absolute atomic E-state index is 11.8. The van der Waals surface area contributed by atoms with Gasteiger partial charge in [0.1, 0.15) is 0 Å². The van der Waals surface area contributed by atoms with E-state index >= 15 is 0 Å². The highest BCUT2D eigenvalue weighted by Crippen LogP contribution is 2.22. The Hall–Kier alpha value is -1.09. The van der Waals surface area contributed by atoms with E-state index in [2.05, 4.69) is 23.7 Å². The molecular formula is C12H18N2O. The van der Waals surface area contributed by atoms with Crippen molar-refractivity contribution in [2.75, 3.05) is 13.1 Å². The summed E-state index contributed by atoms with van der Waals surface area (Å²) < 4.78 is 0. The van der Waals surface area contributed by atoms with E-state index in [1.54, 1.807) is 6.20 Å². The lowest BCUT2D eigenvalue weighted by molar-refractivity contribution is 0.0920. The van der Waals surface area contributed by atoms with Gasteiger partial charge in [-0.15, -0.1) is 0 Å². The van der Waals surface area contributed by atoms with Crippen LogP contribution in [0.3, 0.4) is 0 Å².